The number of phosphoric ester groups is 1. The summed E-state index contributed by atoms with van der Waals surface area (Å²) in [6.45, 7) is 4.29. The van der Waals surface area contributed by atoms with Crippen LogP contribution >= 0.6 is 7.82 Å². The lowest BCUT2D eigenvalue weighted by Gasteiger charge is -2.25. The summed E-state index contributed by atoms with van der Waals surface area (Å²) in [5.41, 5.74) is 0. The quantitative estimate of drug-likeness (QED) is 0.0214. The molecule has 1 unspecified atom stereocenters. The highest BCUT2D eigenvalue weighted by Gasteiger charge is 2.27. The number of nitrogens with zero attached hydrogens (tertiary/aromatic N) is 1. The molecule has 54 heavy (non-hydrogen) atoms. The highest BCUT2D eigenvalue weighted by atomic mass is 31.2. The number of amides is 1. The second-order valence-electron chi connectivity index (χ2n) is 15.6. The van der Waals surface area contributed by atoms with E-state index >= 15 is 0 Å². The molecule has 10 heteroatoms. The van der Waals surface area contributed by atoms with Crippen molar-refractivity contribution in [1.29, 1.82) is 0 Å². The van der Waals surface area contributed by atoms with Crippen molar-refractivity contribution in [2.45, 2.75) is 173 Å². The van der Waals surface area contributed by atoms with Gasteiger partial charge < -0.3 is 24.9 Å². The first-order chi connectivity index (χ1) is 25.9. The molecular formula is C44H82N2O7P+. The summed E-state index contributed by atoms with van der Waals surface area (Å²) < 4.78 is 23.5. The van der Waals surface area contributed by atoms with Crippen LogP contribution in [0.3, 0.4) is 0 Å². The van der Waals surface area contributed by atoms with Crippen LogP contribution in [0.1, 0.15) is 155 Å². The maximum Gasteiger partial charge on any atom is 0.472 e. The molecule has 4 atom stereocenters. The highest BCUT2D eigenvalue weighted by molar-refractivity contribution is 7.47. The van der Waals surface area contributed by atoms with E-state index in [-0.39, 0.29) is 31.6 Å². The first kappa shape index (κ1) is 52.2. The van der Waals surface area contributed by atoms with Gasteiger partial charge in [0, 0.05) is 6.42 Å². The van der Waals surface area contributed by atoms with Gasteiger partial charge in [-0.05, 0) is 71.1 Å². The summed E-state index contributed by atoms with van der Waals surface area (Å²) in [5, 5.41) is 23.0. The molecule has 0 aliphatic rings. The third-order valence-corrected chi connectivity index (χ3v) is 9.98. The zero-order valence-electron chi connectivity index (χ0n) is 35.1. The van der Waals surface area contributed by atoms with E-state index in [1.807, 2.05) is 34.1 Å². The molecule has 314 valence electrons. The normalized spacial score (nSPS) is 15.6. The number of aliphatic hydroxyl groups excluding tert-OH is 2. The van der Waals surface area contributed by atoms with Gasteiger partial charge >= 0.3 is 7.82 Å². The molecule has 0 aliphatic carbocycles. The average Bonchev–Trinajstić information content (AvgIpc) is 3.10. The number of hydrogen-bond donors (Lipinski definition) is 4. The molecule has 0 aromatic rings. The summed E-state index contributed by atoms with van der Waals surface area (Å²) in [6, 6.07) is -0.885. The Labute approximate surface area is 331 Å². The molecule has 0 bridgehead atoms. The zero-order chi connectivity index (χ0) is 40.2. The van der Waals surface area contributed by atoms with Gasteiger partial charge in [-0.3, -0.25) is 13.8 Å². The van der Waals surface area contributed by atoms with E-state index in [1.165, 1.54) is 64.2 Å². The number of allylic oxidation sites excluding steroid dienone is 9. The van der Waals surface area contributed by atoms with Gasteiger partial charge in [0.15, 0.2) is 0 Å². The van der Waals surface area contributed by atoms with Crippen molar-refractivity contribution in [3.63, 3.8) is 0 Å². The van der Waals surface area contributed by atoms with E-state index in [0.29, 0.717) is 17.4 Å². The van der Waals surface area contributed by atoms with E-state index < -0.39 is 20.0 Å². The van der Waals surface area contributed by atoms with Gasteiger partial charge in [0.2, 0.25) is 5.91 Å². The van der Waals surface area contributed by atoms with Gasteiger partial charge in [0.05, 0.1) is 46.0 Å². The molecule has 0 aliphatic heterocycles. The standard InChI is InChI=1S/C44H81N2O7P/c1-6-7-8-9-10-11-12-13-18-21-24-27-30-33-36-43(48)42(40-53-54(50,51)52-39-38-46(3,4)5)45-44(49)37-34-31-28-25-22-19-16-14-15-17-20-23-26-29-32-35-41(2)47/h15-17,19,23,25-26,28,33,36,41-43,47-48H,6-14,18,20-22,24,27,29-32,34-35,37-40H2,1-5H3,(H-,45,49,50,51)/p+1/b17-15-,19-16-,26-23-,28-25-,36-33+/t41-,42-,43+/m0/s1. The van der Waals surface area contributed by atoms with Crippen molar-refractivity contribution < 1.29 is 38.0 Å². The second-order valence-corrected chi connectivity index (χ2v) is 17.1. The van der Waals surface area contributed by atoms with Gasteiger partial charge in [-0.25, -0.2) is 4.57 Å². The van der Waals surface area contributed by atoms with E-state index in [2.05, 4.69) is 60.8 Å². The SMILES string of the molecule is CCCCCCCCCCCCCC/C=C/[C@@H](O)[C@H](COP(=O)(O)OCC[N+](C)(C)C)NC(=O)CCC/C=C\C/C=C\C/C=C\C/C=C\CCC[C@H](C)O. The number of aliphatic hydroxyl groups is 2. The Morgan fingerprint density at radius 3 is 1.69 bits per heavy atom. The zero-order valence-corrected chi connectivity index (χ0v) is 35.9. The molecule has 4 N–H and O–H groups in total. The minimum absolute atomic E-state index is 0.0430. The fraction of sp³-hybridized carbons (Fsp3) is 0.750. The van der Waals surface area contributed by atoms with Crippen LogP contribution in [0.15, 0.2) is 60.8 Å². The number of rotatable bonds is 37. The Balaban J connectivity index is 4.58. The molecule has 0 spiro atoms. The minimum atomic E-state index is -4.36. The molecule has 1 amide bonds. The first-order valence-electron chi connectivity index (χ1n) is 21.2. The number of carbonyl (C=O) groups is 1. The van der Waals surface area contributed by atoms with Crippen LogP contribution in [0, 0.1) is 0 Å². The van der Waals surface area contributed by atoms with Gasteiger partial charge in [-0.1, -0.05) is 138 Å². The third kappa shape index (κ3) is 38.4. The van der Waals surface area contributed by atoms with Crippen molar-refractivity contribution in [1.82, 2.24) is 5.32 Å². The molecule has 9 nitrogen and oxygen atoms in total. The highest BCUT2D eigenvalue weighted by Crippen LogP contribution is 2.43. The number of carbonyl (C=O) groups excluding carboxylic acids is 1. The molecule has 0 saturated heterocycles. The number of phosphoric acid groups is 1. The van der Waals surface area contributed by atoms with E-state index in [0.717, 1.165) is 64.2 Å². The van der Waals surface area contributed by atoms with Gasteiger partial charge in [-0.2, -0.15) is 0 Å². The molecule has 0 saturated carbocycles. The van der Waals surface area contributed by atoms with Crippen molar-refractivity contribution in [2.75, 3.05) is 40.9 Å². The Bertz CT molecular complexity index is 1080. The van der Waals surface area contributed by atoms with Crippen LogP contribution in [0.2, 0.25) is 0 Å². The summed E-state index contributed by atoms with van der Waals surface area (Å²) in [7, 11) is 1.51. The van der Waals surface area contributed by atoms with Gasteiger partial charge in [0.1, 0.15) is 13.2 Å². The lowest BCUT2D eigenvalue weighted by molar-refractivity contribution is -0.870. The Morgan fingerprint density at radius 1 is 0.685 bits per heavy atom. The van der Waals surface area contributed by atoms with Crippen LogP contribution in [0.4, 0.5) is 0 Å². The number of quaternary nitrogens is 1. The maximum absolute atomic E-state index is 12.8. The van der Waals surface area contributed by atoms with Crippen molar-refractivity contribution in [2.24, 2.45) is 0 Å². The van der Waals surface area contributed by atoms with Crippen LogP contribution in [0.5, 0.6) is 0 Å². The molecule has 0 radical (unpaired) electrons. The molecular weight excluding hydrogens is 699 g/mol. The fourth-order valence-electron chi connectivity index (χ4n) is 5.58. The monoisotopic (exact) mass is 782 g/mol. The Hall–Kier alpha value is -1.84. The number of nitrogens with one attached hydrogen (secondary N) is 1. The lowest BCUT2D eigenvalue weighted by atomic mass is 10.0. The van der Waals surface area contributed by atoms with E-state index in [1.54, 1.807) is 6.08 Å². The summed E-state index contributed by atoms with van der Waals surface area (Å²) in [5.74, 6) is -0.245. The largest absolute Gasteiger partial charge is 0.472 e. The lowest BCUT2D eigenvalue weighted by Crippen LogP contribution is -2.45. The first-order valence-corrected chi connectivity index (χ1v) is 22.7. The molecule has 0 rings (SSSR count). The summed E-state index contributed by atoms with van der Waals surface area (Å²) >= 11 is 0. The Morgan fingerprint density at radius 2 is 1.17 bits per heavy atom. The van der Waals surface area contributed by atoms with Crippen LogP contribution < -0.4 is 5.32 Å². The Kier molecular flexibility index (Phi) is 34.4. The van der Waals surface area contributed by atoms with E-state index in [9.17, 15) is 24.5 Å². The van der Waals surface area contributed by atoms with Gasteiger partial charge in [-0.15, -0.1) is 0 Å². The van der Waals surface area contributed by atoms with Crippen molar-refractivity contribution in [3.05, 3.63) is 60.8 Å². The molecule has 0 aromatic heterocycles. The molecule has 0 fully saturated rings. The minimum Gasteiger partial charge on any atom is -0.393 e. The van der Waals surface area contributed by atoms with Crippen LogP contribution in [0.25, 0.3) is 0 Å². The predicted octanol–water partition coefficient (Wildman–Crippen LogP) is 10.4. The smallest absolute Gasteiger partial charge is 0.393 e. The maximum atomic E-state index is 12.8. The van der Waals surface area contributed by atoms with Gasteiger partial charge in [0.25, 0.3) is 0 Å². The second kappa shape index (κ2) is 35.6. The number of unbranched alkanes of at least 4 members (excludes halogenated alkanes) is 14. The molecule has 0 heterocycles. The fourth-order valence-corrected chi connectivity index (χ4v) is 6.32. The van der Waals surface area contributed by atoms with Crippen molar-refractivity contribution >= 4 is 13.7 Å². The molecule has 0 aromatic carbocycles. The van der Waals surface area contributed by atoms with Crippen molar-refractivity contribution in [3.8, 4) is 0 Å². The average molecular weight is 782 g/mol. The summed E-state index contributed by atoms with van der Waals surface area (Å²) in [4.78, 5) is 23.0. The topological polar surface area (TPSA) is 125 Å². The van der Waals surface area contributed by atoms with Crippen LogP contribution in [-0.2, 0) is 18.4 Å². The third-order valence-electron chi connectivity index (χ3n) is 9.00. The van der Waals surface area contributed by atoms with E-state index in [4.69, 9.17) is 9.05 Å². The van der Waals surface area contributed by atoms with Crippen LogP contribution in [-0.4, -0.2) is 84.6 Å². The summed E-state index contributed by atoms with van der Waals surface area (Å²) in [6.07, 6.45) is 42.8. The number of likely N-dealkylation sites (N-methyl/N-ethyl adjacent to an activating group) is 1. The predicted molar refractivity (Wildman–Crippen MR) is 227 cm³/mol. The number of hydrogen-bond acceptors (Lipinski definition) is 6.